The molecule has 1 atom stereocenters. The van der Waals surface area contributed by atoms with Crippen molar-refractivity contribution in [2.75, 3.05) is 0 Å². The second-order valence-corrected chi connectivity index (χ2v) is 6.92. The number of sulfonamides is 1. The number of hydrogen-bond acceptors (Lipinski definition) is 6. The van der Waals surface area contributed by atoms with E-state index in [1.807, 2.05) is 11.6 Å². The van der Waals surface area contributed by atoms with Crippen LogP contribution in [0.4, 0.5) is 0 Å². The summed E-state index contributed by atoms with van der Waals surface area (Å²) < 4.78 is 36.6. The molecular weight excluding hydrogens is 332 g/mol. The Morgan fingerprint density at radius 2 is 2.23 bits per heavy atom. The number of hydrogen-bond donors (Lipinski definition) is 1. The summed E-state index contributed by atoms with van der Waals surface area (Å²) in [6.45, 7) is 1.86. The maximum Gasteiger partial charge on any atom is 0.286 e. The van der Waals surface area contributed by atoms with Crippen molar-refractivity contribution >= 4 is 27.5 Å². The first kappa shape index (κ1) is 14.9. The third kappa shape index (κ3) is 2.67. The molecule has 7 nitrogen and oxygen atoms in total. The van der Waals surface area contributed by atoms with Crippen LogP contribution in [0.15, 0.2) is 34.1 Å². The molecule has 2 heterocycles. The number of fused-ring (bicyclic) bond motifs is 1. The Bertz CT molecular complexity index is 832. The highest BCUT2D eigenvalue weighted by Crippen LogP contribution is 2.37. The average Bonchev–Trinajstić information content (AvgIpc) is 3.06. The first-order chi connectivity index (χ1) is 10.4. The summed E-state index contributed by atoms with van der Waals surface area (Å²) in [6, 6.07) is 2.69. The smallest absolute Gasteiger partial charge is 0.286 e. The summed E-state index contributed by atoms with van der Waals surface area (Å²) >= 11 is 6.05. The molecule has 1 aromatic heterocycles. The van der Waals surface area contributed by atoms with Crippen LogP contribution in [0.25, 0.3) is 0 Å². The zero-order chi connectivity index (χ0) is 15.9. The Balaban J connectivity index is 1.92. The van der Waals surface area contributed by atoms with E-state index in [2.05, 4.69) is 9.40 Å². The van der Waals surface area contributed by atoms with E-state index in [0.29, 0.717) is 17.7 Å². The van der Waals surface area contributed by atoms with Crippen LogP contribution in [-0.4, -0.2) is 25.4 Å². The molecule has 9 heteroatoms. The number of aromatic nitrogens is 1. The molecule has 0 bridgehead atoms. The van der Waals surface area contributed by atoms with E-state index in [1.165, 1.54) is 12.1 Å². The minimum absolute atomic E-state index is 0.0739. The van der Waals surface area contributed by atoms with Gasteiger partial charge in [0, 0.05) is 12.0 Å². The Hall–Kier alpha value is -2.06. The number of oxazole rings is 1. The molecule has 1 aromatic carbocycles. The first-order valence-electron chi connectivity index (χ1n) is 6.31. The van der Waals surface area contributed by atoms with Gasteiger partial charge in [0.15, 0.2) is 12.1 Å². The number of nitrogens with one attached hydrogen (secondary N) is 1. The van der Waals surface area contributed by atoms with E-state index in [0.717, 1.165) is 12.7 Å². The van der Waals surface area contributed by atoms with Gasteiger partial charge < -0.3 is 9.15 Å². The number of nitrogens with zero attached hydrogens (tertiary/aromatic N) is 1. The van der Waals surface area contributed by atoms with Gasteiger partial charge in [0.1, 0.15) is 18.1 Å². The van der Waals surface area contributed by atoms with Gasteiger partial charge in [-0.05, 0) is 19.1 Å². The SMILES string of the molecule is C[C@H]1Cc2cc(S(=O)(=O)NC(=O)c3cocn3)cc(Cl)c2O1. The molecule has 0 saturated heterocycles. The van der Waals surface area contributed by atoms with Gasteiger partial charge in [-0.3, -0.25) is 4.79 Å². The van der Waals surface area contributed by atoms with Crippen molar-refractivity contribution in [3.8, 4) is 5.75 Å². The van der Waals surface area contributed by atoms with Crippen LogP contribution in [-0.2, 0) is 16.4 Å². The summed E-state index contributed by atoms with van der Waals surface area (Å²) in [5, 5.41) is 0.191. The van der Waals surface area contributed by atoms with Gasteiger partial charge in [-0.25, -0.2) is 18.1 Å². The number of amides is 1. The summed E-state index contributed by atoms with van der Waals surface area (Å²) in [4.78, 5) is 15.3. The van der Waals surface area contributed by atoms with Crippen LogP contribution in [0.2, 0.25) is 5.02 Å². The van der Waals surface area contributed by atoms with Gasteiger partial charge >= 0.3 is 0 Å². The fourth-order valence-corrected chi connectivity index (χ4v) is 3.56. The zero-order valence-electron chi connectivity index (χ0n) is 11.4. The van der Waals surface area contributed by atoms with Crippen LogP contribution in [0.1, 0.15) is 23.0 Å². The van der Waals surface area contributed by atoms with Crippen molar-refractivity contribution in [3.05, 3.63) is 41.1 Å². The first-order valence-corrected chi connectivity index (χ1v) is 8.17. The molecule has 0 spiro atoms. The monoisotopic (exact) mass is 342 g/mol. The molecule has 0 unspecified atom stereocenters. The molecule has 1 aliphatic heterocycles. The van der Waals surface area contributed by atoms with Crippen molar-refractivity contribution in [2.24, 2.45) is 0 Å². The number of benzene rings is 1. The minimum atomic E-state index is -4.07. The van der Waals surface area contributed by atoms with Crippen LogP contribution < -0.4 is 9.46 Å². The molecule has 22 heavy (non-hydrogen) atoms. The number of rotatable bonds is 3. The van der Waals surface area contributed by atoms with Crippen molar-refractivity contribution in [2.45, 2.75) is 24.3 Å². The highest BCUT2D eigenvalue weighted by Gasteiger charge is 2.27. The predicted molar refractivity (Wildman–Crippen MR) is 76.4 cm³/mol. The maximum atomic E-state index is 12.3. The van der Waals surface area contributed by atoms with E-state index >= 15 is 0 Å². The van der Waals surface area contributed by atoms with E-state index in [4.69, 9.17) is 16.3 Å². The Kier molecular flexibility index (Phi) is 3.57. The molecule has 116 valence electrons. The summed E-state index contributed by atoms with van der Waals surface area (Å²) in [7, 11) is -4.07. The van der Waals surface area contributed by atoms with Crippen LogP contribution in [0.5, 0.6) is 5.75 Å². The second-order valence-electron chi connectivity index (χ2n) is 4.83. The van der Waals surface area contributed by atoms with Gasteiger partial charge in [0.2, 0.25) is 0 Å². The molecule has 3 rings (SSSR count). The largest absolute Gasteiger partial charge is 0.489 e. The predicted octanol–water partition coefficient (Wildman–Crippen LogP) is 1.77. The third-order valence-corrected chi connectivity index (χ3v) is 4.71. The fraction of sp³-hybridized carbons (Fsp3) is 0.231. The fourth-order valence-electron chi connectivity index (χ4n) is 2.17. The Morgan fingerprint density at radius 1 is 1.45 bits per heavy atom. The number of halogens is 1. The lowest BCUT2D eigenvalue weighted by Crippen LogP contribution is -2.30. The normalized spacial score (nSPS) is 16.9. The topological polar surface area (TPSA) is 98.5 Å². The molecule has 1 N–H and O–H groups in total. The minimum Gasteiger partial charge on any atom is -0.489 e. The van der Waals surface area contributed by atoms with Gasteiger partial charge in [-0.1, -0.05) is 11.6 Å². The molecule has 0 aliphatic carbocycles. The summed E-state index contributed by atoms with van der Waals surface area (Å²) in [5.74, 6) is -0.397. The van der Waals surface area contributed by atoms with Gasteiger partial charge in [0.25, 0.3) is 15.9 Å². The molecular formula is C13H11ClN2O5S. The zero-order valence-corrected chi connectivity index (χ0v) is 12.9. The lowest BCUT2D eigenvalue weighted by molar-refractivity contribution is 0.0976. The van der Waals surface area contributed by atoms with Crippen molar-refractivity contribution in [3.63, 3.8) is 0 Å². The van der Waals surface area contributed by atoms with Crippen molar-refractivity contribution < 1.29 is 22.4 Å². The quantitative estimate of drug-likeness (QED) is 0.912. The van der Waals surface area contributed by atoms with Gasteiger partial charge in [0.05, 0.1) is 9.92 Å². The van der Waals surface area contributed by atoms with E-state index in [9.17, 15) is 13.2 Å². The van der Waals surface area contributed by atoms with E-state index < -0.39 is 15.9 Å². The molecule has 0 radical (unpaired) electrons. The molecule has 0 fully saturated rings. The van der Waals surface area contributed by atoms with Gasteiger partial charge in [-0.15, -0.1) is 0 Å². The molecule has 1 aliphatic rings. The van der Waals surface area contributed by atoms with E-state index in [-0.39, 0.29) is 21.7 Å². The standard InChI is InChI=1S/C13H11ClN2O5S/c1-7-2-8-3-9(4-10(14)12(8)21-7)22(18,19)16-13(17)11-5-20-6-15-11/h3-7H,2H2,1H3,(H,16,17)/t7-/m0/s1. The Labute approximate surface area is 131 Å². The Morgan fingerprint density at radius 3 is 2.91 bits per heavy atom. The molecule has 0 saturated carbocycles. The summed E-state index contributed by atoms with van der Waals surface area (Å²) in [6.07, 6.45) is 2.56. The van der Waals surface area contributed by atoms with Crippen LogP contribution in [0, 0.1) is 0 Å². The average molecular weight is 343 g/mol. The molecule has 1 amide bonds. The lowest BCUT2D eigenvalue weighted by Gasteiger charge is -2.09. The maximum absolute atomic E-state index is 12.3. The number of carbonyl (C=O) groups excluding carboxylic acids is 1. The van der Waals surface area contributed by atoms with E-state index in [1.54, 1.807) is 0 Å². The van der Waals surface area contributed by atoms with Gasteiger partial charge in [-0.2, -0.15) is 0 Å². The third-order valence-electron chi connectivity index (χ3n) is 3.12. The van der Waals surface area contributed by atoms with Crippen LogP contribution in [0.3, 0.4) is 0 Å². The highest BCUT2D eigenvalue weighted by atomic mass is 35.5. The summed E-state index contributed by atoms with van der Waals surface area (Å²) in [5.41, 5.74) is 0.557. The lowest BCUT2D eigenvalue weighted by atomic mass is 10.1. The van der Waals surface area contributed by atoms with Crippen molar-refractivity contribution in [1.29, 1.82) is 0 Å². The highest BCUT2D eigenvalue weighted by molar-refractivity contribution is 7.90. The number of ether oxygens (including phenoxy) is 1. The molecule has 2 aromatic rings. The van der Waals surface area contributed by atoms with Crippen LogP contribution >= 0.6 is 11.6 Å². The van der Waals surface area contributed by atoms with Crippen molar-refractivity contribution in [1.82, 2.24) is 9.71 Å². The second kappa shape index (κ2) is 5.29. The number of carbonyl (C=O) groups is 1.